The van der Waals surface area contributed by atoms with E-state index in [1.807, 2.05) is 13.0 Å². The van der Waals surface area contributed by atoms with Crippen molar-refractivity contribution in [3.8, 4) is 0 Å². The van der Waals surface area contributed by atoms with Crippen LogP contribution in [-0.4, -0.2) is 31.1 Å². The van der Waals surface area contributed by atoms with E-state index in [0.29, 0.717) is 0 Å². The highest BCUT2D eigenvalue weighted by atomic mass is 19.1. The molecule has 0 bridgehead atoms. The summed E-state index contributed by atoms with van der Waals surface area (Å²) in [4.78, 5) is 4.83. The Bertz CT molecular complexity index is 589. The minimum Gasteiger partial charge on any atom is -0.369 e. The molecule has 2 aromatic rings. The fourth-order valence-corrected chi connectivity index (χ4v) is 2.96. The van der Waals surface area contributed by atoms with Gasteiger partial charge in [-0.3, -0.25) is 4.90 Å². The third-order valence-electron chi connectivity index (χ3n) is 4.12. The first kappa shape index (κ1) is 14.1. The smallest absolute Gasteiger partial charge is 0.123 e. The number of halogens is 1. The zero-order valence-corrected chi connectivity index (χ0v) is 12.4. The molecule has 0 spiro atoms. The first-order chi connectivity index (χ1) is 10.2. The van der Waals surface area contributed by atoms with Crippen LogP contribution in [0.2, 0.25) is 0 Å². The van der Waals surface area contributed by atoms with Gasteiger partial charge in [-0.05, 0) is 36.2 Å². The second-order valence-electron chi connectivity index (χ2n) is 5.68. The molecule has 0 N–H and O–H groups in total. The summed E-state index contributed by atoms with van der Waals surface area (Å²) in [5, 5.41) is 0. The molecule has 1 aliphatic heterocycles. The largest absolute Gasteiger partial charge is 0.369 e. The summed E-state index contributed by atoms with van der Waals surface area (Å²) < 4.78 is 13.2. The van der Waals surface area contributed by atoms with Gasteiger partial charge < -0.3 is 4.90 Å². The van der Waals surface area contributed by atoms with Gasteiger partial charge >= 0.3 is 0 Å². The first-order valence-corrected chi connectivity index (χ1v) is 7.50. The van der Waals surface area contributed by atoms with Crippen molar-refractivity contribution >= 4 is 5.69 Å². The monoisotopic (exact) mass is 284 g/mol. The zero-order chi connectivity index (χ0) is 14.7. The lowest BCUT2D eigenvalue weighted by molar-refractivity contribution is 0.250. The number of rotatable bonds is 3. The summed E-state index contributed by atoms with van der Waals surface area (Å²) >= 11 is 0. The van der Waals surface area contributed by atoms with E-state index >= 15 is 0 Å². The van der Waals surface area contributed by atoms with Crippen LogP contribution in [0.3, 0.4) is 0 Å². The molecule has 0 saturated carbocycles. The first-order valence-electron chi connectivity index (χ1n) is 7.50. The van der Waals surface area contributed by atoms with E-state index in [1.54, 1.807) is 12.1 Å². The van der Waals surface area contributed by atoms with Gasteiger partial charge in [0.15, 0.2) is 0 Å². The van der Waals surface area contributed by atoms with E-state index in [-0.39, 0.29) is 5.82 Å². The minimum absolute atomic E-state index is 0.154. The molecular formula is C18H21FN2. The summed E-state index contributed by atoms with van der Waals surface area (Å²) in [6, 6.07) is 15.7. The average Bonchev–Trinajstić information content (AvgIpc) is 2.49. The van der Waals surface area contributed by atoms with Gasteiger partial charge in [0.25, 0.3) is 0 Å². The molecule has 1 aliphatic rings. The van der Waals surface area contributed by atoms with E-state index in [2.05, 4.69) is 40.1 Å². The van der Waals surface area contributed by atoms with E-state index in [4.69, 9.17) is 0 Å². The normalized spacial score (nSPS) is 16.2. The number of benzene rings is 2. The molecule has 0 radical (unpaired) electrons. The van der Waals surface area contributed by atoms with Gasteiger partial charge in [0.1, 0.15) is 5.82 Å². The molecule has 110 valence electrons. The summed E-state index contributed by atoms with van der Waals surface area (Å²) in [6.07, 6.45) is 0. The van der Waals surface area contributed by atoms with Crippen LogP contribution in [0, 0.1) is 12.7 Å². The Labute approximate surface area is 125 Å². The van der Waals surface area contributed by atoms with Gasteiger partial charge in [0, 0.05) is 38.4 Å². The number of aryl methyl sites for hydroxylation is 1. The van der Waals surface area contributed by atoms with Crippen LogP contribution in [0.4, 0.5) is 10.1 Å². The van der Waals surface area contributed by atoms with Gasteiger partial charge in [0.2, 0.25) is 0 Å². The molecular weight excluding hydrogens is 263 g/mol. The topological polar surface area (TPSA) is 6.48 Å². The Morgan fingerprint density at radius 1 is 0.952 bits per heavy atom. The number of hydrogen-bond acceptors (Lipinski definition) is 2. The Balaban J connectivity index is 1.60. The number of hydrogen-bond donors (Lipinski definition) is 0. The molecule has 3 heteroatoms. The van der Waals surface area contributed by atoms with Crippen molar-refractivity contribution in [3.63, 3.8) is 0 Å². The van der Waals surface area contributed by atoms with Crippen LogP contribution in [0.1, 0.15) is 11.1 Å². The van der Waals surface area contributed by atoms with Crippen LogP contribution < -0.4 is 4.90 Å². The molecule has 0 atom stereocenters. The fraction of sp³-hybridized carbons (Fsp3) is 0.333. The molecule has 1 saturated heterocycles. The van der Waals surface area contributed by atoms with E-state index in [1.165, 1.54) is 5.56 Å². The lowest BCUT2D eigenvalue weighted by atomic mass is 10.1. The van der Waals surface area contributed by atoms with E-state index in [9.17, 15) is 4.39 Å². The van der Waals surface area contributed by atoms with Crippen molar-refractivity contribution in [2.45, 2.75) is 13.5 Å². The molecule has 2 nitrogen and oxygen atoms in total. The number of nitrogens with zero attached hydrogens (tertiary/aromatic N) is 2. The Hall–Kier alpha value is -1.87. The highest BCUT2D eigenvalue weighted by Gasteiger charge is 2.18. The molecule has 0 unspecified atom stereocenters. The van der Waals surface area contributed by atoms with Gasteiger partial charge in [0.05, 0.1) is 0 Å². The van der Waals surface area contributed by atoms with Crippen molar-refractivity contribution in [2.24, 2.45) is 0 Å². The predicted octanol–water partition coefficient (Wildman–Crippen LogP) is 3.46. The van der Waals surface area contributed by atoms with Crippen molar-refractivity contribution in [1.29, 1.82) is 0 Å². The quantitative estimate of drug-likeness (QED) is 0.851. The van der Waals surface area contributed by atoms with Gasteiger partial charge in [-0.25, -0.2) is 4.39 Å². The van der Waals surface area contributed by atoms with E-state index in [0.717, 1.165) is 44.0 Å². The molecule has 3 rings (SSSR count). The maximum absolute atomic E-state index is 13.2. The second-order valence-corrected chi connectivity index (χ2v) is 5.68. The lowest BCUT2D eigenvalue weighted by Gasteiger charge is -2.36. The van der Waals surface area contributed by atoms with Crippen LogP contribution in [0.5, 0.6) is 0 Å². The Morgan fingerprint density at radius 2 is 1.67 bits per heavy atom. The van der Waals surface area contributed by atoms with Gasteiger partial charge in [-0.2, -0.15) is 0 Å². The summed E-state index contributed by atoms with van der Waals surface area (Å²) in [5.41, 5.74) is 3.55. The predicted molar refractivity (Wildman–Crippen MR) is 85.1 cm³/mol. The van der Waals surface area contributed by atoms with Crippen molar-refractivity contribution < 1.29 is 4.39 Å². The third-order valence-corrected chi connectivity index (χ3v) is 4.12. The molecule has 0 aromatic heterocycles. The standard InChI is InChI=1S/C18H21FN2/c1-15-13-17(19)7-8-18(15)21-11-9-20(10-12-21)14-16-5-3-2-4-6-16/h2-8,13H,9-12,14H2,1H3. The zero-order valence-electron chi connectivity index (χ0n) is 12.4. The van der Waals surface area contributed by atoms with Crippen LogP contribution in [0.15, 0.2) is 48.5 Å². The maximum atomic E-state index is 13.2. The molecule has 21 heavy (non-hydrogen) atoms. The van der Waals surface area contributed by atoms with Crippen molar-refractivity contribution in [1.82, 2.24) is 4.90 Å². The molecule has 0 amide bonds. The van der Waals surface area contributed by atoms with Crippen LogP contribution >= 0.6 is 0 Å². The van der Waals surface area contributed by atoms with Crippen molar-refractivity contribution in [2.75, 3.05) is 31.1 Å². The number of piperazine rings is 1. The highest BCUT2D eigenvalue weighted by Crippen LogP contribution is 2.22. The molecule has 0 aliphatic carbocycles. The minimum atomic E-state index is -0.154. The fourth-order valence-electron chi connectivity index (χ4n) is 2.96. The second kappa shape index (κ2) is 6.27. The number of anilines is 1. The maximum Gasteiger partial charge on any atom is 0.123 e. The SMILES string of the molecule is Cc1cc(F)ccc1N1CCN(Cc2ccccc2)CC1. The lowest BCUT2D eigenvalue weighted by Crippen LogP contribution is -2.46. The van der Waals surface area contributed by atoms with E-state index < -0.39 is 0 Å². The third kappa shape index (κ3) is 3.42. The van der Waals surface area contributed by atoms with Crippen LogP contribution in [-0.2, 0) is 6.54 Å². The molecule has 2 aromatic carbocycles. The molecule has 1 fully saturated rings. The highest BCUT2D eigenvalue weighted by molar-refractivity contribution is 5.53. The average molecular weight is 284 g/mol. The van der Waals surface area contributed by atoms with Gasteiger partial charge in [-0.1, -0.05) is 30.3 Å². The molecule has 1 heterocycles. The van der Waals surface area contributed by atoms with Crippen molar-refractivity contribution in [3.05, 3.63) is 65.5 Å². The summed E-state index contributed by atoms with van der Waals surface area (Å²) in [5.74, 6) is -0.154. The Kier molecular flexibility index (Phi) is 4.20. The summed E-state index contributed by atoms with van der Waals surface area (Å²) in [6.45, 7) is 7.09. The summed E-state index contributed by atoms with van der Waals surface area (Å²) in [7, 11) is 0. The van der Waals surface area contributed by atoms with Gasteiger partial charge in [-0.15, -0.1) is 0 Å². The Morgan fingerprint density at radius 3 is 2.33 bits per heavy atom. The van der Waals surface area contributed by atoms with Crippen LogP contribution in [0.25, 0.3) is 0 Å².